The number of hydrogen-bond acceptors (Lipinski definition) is 3. The third-order valence-electron chi connectivity index (χ3n) is 2.65. The highest BCUT2D eigenvalue weighted by Gasteiger charge is 2.17. The van der Waals surface area contributed by atoms with Crippen molar-refractivity contribution >= 4 is 5.91 Å². The summed E-state index contributed by atoms with van der Waals surface area (Å²) in [5.41, 5.74) is 0.0155. The van der Waals surface area contributed by atoms with Crippen LogP contribution in [0.1, 0.15) is 16.2 Å². The van der Waals surface area contributed by atoms with Crippen LogP contribution in [0.25, 0.3) is 0 Å². The molecule has 0 bridgehead atoms. The predicted octanol–water partition coefficient (Wildman–Crippen LogP) is 1.23. The second-order valence-electron chi connectivity index (χ2n) is 3.97. The van der Waals surface area contributed by atoms with E-state index in [2.05, 4.69) is 9.97 Å². The third-order valence-corrected chi connectivity index (χ3v) is 2.65. The highest BCUT2D eigenvalue weighted by Crippen LogP contribution is 2.09. The van der Waals surface area contributed by atoms with Crippen molar-refractivity contribution in [3.05, 3.63) is 48.1 Å². The summed E-state index contributed by atoms with van der Waals surface area (Å²) in [5.74, 6) is -0.271. The Hall–Kier alpha value is -2.24. The van der Waals surface area contributed by atoms with Gasteiger partial charge >= 0.3 is 0 Å². The second kappa shape index (κ2) is 4.95. The van der Waals surface area contributed by atoms with E-state index in [1.54, 1.807) is 19.4 Å². The smallest absolute Gasteiger partial charge is 0.257 e. The number of halogens is 1. The van der Waals surface area contributed by atoms with E-state index in [0.717, 1.165) is 12.0 Å². The lowest BCUT2D eigenvalue weighted by Crippen LogP contribution is -2.28. The van der Waals surface area contributed by atoms with Gasteiger partial charge in [0.15, 0.2) is 5.82 Å². The molecule has 6 heteroatoms. The third kappa shape index (κ3) is 2.37. The van der Waals surface area contributed by atoms with Crippen molar-refractivity contribution in [3.63, 3.8) is 0 Å². The molecule has 2 aromatic heterocycles. The lowest BCUT2D eigenvalue weighted by Gasteiger charge is -2.17. The van der Waals surface area contributed by atoms with Crippen molar-refractivity contribution in [1.82, 2.24) is 19.4 Å². The molecule has 0 unspecified atom stereocenters. The van der Waals surface area contributed by atoms with Crippen molar-refractivity contribution in [2.24, 2.45) is 7.05 Å². The fourth-order valence-electron chi connectivity index (χ4n) is 1.59. The summed E-state index contributed by atoms with van der Waals surface area (Å²) in [6.07, 6.45) is 5.87. The minimum absolute atomic E-state index is 0.0155. The van der Waals surface area contributed by atoms with E-state index in [4.69, 9.17) is 0 Å². The Morgan fingerprint density at radius 3 is 2.89 bits per heavy atom. The summed E-state index contributed by atoms with van der Waals surface area (Å²) in [6.45, 7) is 0.324. The molecule has 0 fully saturated rings. The van der Waals surface area contributed by atoms with Gasteiger partial charge in [-0.15, -0.1) is 0 Å². The van der Waals surface area contributed by atoms with Gasteiger partial charge in [0.1, 0.15) is 5.82 Å². The van der Waals surface area contributed by atoms with Crippen LogP contribution < -0.4 is 0 Å². The van der Waals surface area contributed by atoms with Crippen LogP contribution in [0.3, 0.4) is 0 Å². The first-order valence-corrected chi connectivity index (χ1v) is 5.40. The van der Waals surface area contributed by atoms with E-state index >= 15 is 0 Å². The Morgan fingerprint density at radius 2 is 2.28 bits per heavy atom. The van der Waals surface area contributed by atoms with Gasteiger partial charge in [0.2, 0.25) is 0 Å². The molecule has 0 N–H and O–H groups in total. The number of pyridine rings is 1. The standard InChI is InChI=1S/C12H13FN4O/c1-16-6-5-15-11(16)8-17(2)12(18)9-3-4-14-7-10(9)13/h3-7H,8H2,1-2H3. The number of carbonyl (C=O) groups is 1. The van der Waals surface area contributed by atoms with Crippen molar-refractivity contribution in [2.75, 3.05) is 7.05 Å². The fraction of sp³-hybridized carbons (Fsp3) is 0.250. The van der Waals surface area contributed by atoms with E-state index in [-0.39, 0.29) is 5.56 Å². The number of aromatic nitrogens is 3. The van der Waals surface area contributed by atoms with Gasteiger partial charge in [-0.3, -0.25) is 9.78 Å². The van der Waals surface area contributed by atoms with Crippen molar-refractivity contribution in [2.45, 2.75) is 6.54 Å². The summed E-state index contributed by atoms with van der Waals surface area (Å²) < 4.78 is 15.2. The van der Waals surface area contributed by atoms with E-state index in [0.29, 0.717) is 6.54 Å². The van der Waals surface area contributed by atoms with E-state index in [1.165, 1.54) is 17.2 Å². The van der Waals surface area contributed by atoms with E-state index < -0.39 is 11.7 Å². The fourth-order valence-corrected chi connectivity index (χ4v) is 1.59. The molecule has 2 rings (SSSR count). The van der Waals surface area contributed by atoms with Gasteiger partial charge < -0.3 is 9.47 Å². The molecule has 0 spiro atoms. The number of aryl methyl sites for hydroxylation is 1. The largest absolute Gasteiger partial charge is 0.337 e. The van der Waals surface area contributed by atoms with E-state index in [9.17, 15) is 9.18 Å². The quantitative estimate of drug-likeness (QED) is 0.820. The first kappa shape index (κ1) is 12.2. The lowest BCUT2D eigenvalue weighted by molar-refractivity contribution is 0.0775. The van der Waals surface area contributed by atoms with Crippen LogP contribution in [0.2, 0.25) is 0 Å². The maximum absolute atomic E-state index is 13.4. The van der Waals surface area contributed by atoms with Crippen LogP contribution in [0.5, 0.6) is 0 Å². The molecule has 0 radical (unpaired) electrons. The van der Waals surface area contributed by atoms with Crippen LogP contribution in [0.15, 0.2) is 30.9 Å². The molecule has 0 saturated carbocycles. The SMILES string of the molecule is CN(Cc1nccn1C)C(=O)c1ccncc1F. The molecule has 5 nitrogen and oxygen atoms in total. The van der Waals surface area contributed by atoms with Crippen LogP contribution in [0.4, 0.5) is 4.39 Å². The minimum atomic E-state index is -0.616. The van der Waals surface area contributed by atoms with E-state index in [1.807, 2.05) is 11.6 Å². The average molecular weight is 248 g/mol. The molecule has 0 aliphatic rings. The number of hydrogen-bond donors (Lipinski definition) is 0. The van der Waals surface area contributed by atoms with Gasteiger partial charge in [-0.2, -0.15) is 0 Å². The first-order valence-electron chi connectivity index (χ1n) is 5.40. The zero-order valence-corrected chi connectivity index (χ0v) is 10.2. The molecule has 18 heavy (non-hydrogen) atoms. The van der Waals surface area contributed by atoms with Gasteiger partial charge in [-0.25, -0.2) is 9.37 Å². The van der Waals surface area contributed by atoms with Crippen LogP contribution >= 0.6 is 0 Å². The normalized spacial score (nSPS) is 10.4. The minimum Gasteiger partial charge on any atom is -0.337 e. The molecule has 2 heterocycles. The highest BCUT2D eigenvalue weighted by atomic mass is 19.1. The molecule has 2 aromatic rings. The zero-order valence-electron chi connectivity index (χ0n) is 10.2. The topological polar surface area (TPSA) is 51.0 Å². The Kier molecular flexibility index (Phi) is 3.36. The number of imidazole rings is 1. The average Bonchev–Trinajstić information content (AvgIpc) is 2.75. The van der Waals surface area contributed by atoms with Crippen LogP contribution in [0, 0.1) is 5.82 Å². The molecule has 0 aliphatic carbocycles. The number of nitrogens with zero attached hydrogens (tertiary/aromatic N) is 4. The monoisotopic (exact) mass is 248 g/mol. The zero-order chi connectivity index (χ0) is 13.1. The maximum atomic E-state index is 13.4. The Balaban J connectivity index is 2.15. The van der Waals surface area contributed by atoms with Crippen molar-refractivity contribution in [3.8, 4) is 0 Å². The predicted molar refractivity (Wildman–Crippen MR) is 63.2 cm³/mol. The highest BCUT2D eigenvalue weighted by molar-refractivity contribution is 5.94. The summed E-state index contributed by atoms with van der Waals surface area (Å²) in [6, 6.07) is 1.37. The molecule has 0 atom stereocenters. The van der Waals surface area contributed by atoms with Gasteiger partial charge in [-0.1, -0.05) is 0 Å². The summed E-state index contributed by atoms with van der Waals surface area (Å²) in [5, 5.41) is 0. The van der Waals surface area contributed by atoms with Gasteiger partial charge in [0.25, 0.3) is 5.91 Å². The first-order chi connectivity index (χ1) is 8.59. The summed E-state index contributed by atoms with van der Waals surface area (Å²) in [7, 11) is 3.45. The number of carbonyl (C=O) groups excluding carboxylic acids is 1. The van der Waals surface area contributed by atoms with Crippen LogP contribution in [-0.4, -0.2) is 32.4 Å². The molecule has 94 valence electrons. The molecule has 1 amide bonds. The summed E-state index contributed by atoms with van der Waals surface area (Å²) >= 11 is 0. The number of rotatable bonds is 3. The van der Waals surface area contributed by atoms with Gasteiger partial charge in [0, 0.05) is 32.7 Å². The Morgan fingerprint density at radius 1 is 1.50 bits per heavy atom. The van der Waals surface area contributed by atoms with Gasteiger partial charge in [-0.05, 0) is 6.07 Å². The second-order valence-corrected chi connectivity index (χ2v) is 3.97. The maximum Gasteiger partial charge on any atom is 0.257 e. The molecule has 0 aromatic carbocycles. The molecule has 0 saturated heterocycles. The van der Waals surface area contributed by atoms with Crippen LogP contribution in [-0.2, 0) is 13.6 Å². The Labute approximate surface area is 104 Å². The van der Waals surface area contributed by atoms with Gasteiger partial charge in [0.05, 0.1) is 18.3 Å². The summed E-state index contributed by atoms with van der Waals surface area (Å²) in [4.78, 5) is 21.2. The molecular formula is C12H13FN4O. The number of amides is 1. The Bertz CT molecular complexity index is 567. The van der Waals surface area contributed by atoms with Crippen molar-refractivity contribution < 1.29 is 9.18 Å². The molecule has 0 aliphatic heterocycles. The lowest BCUT2D eigenvalue weighted by atomic mass is 10.2. The van der Waals surface area contributed by atoms with Crippen molar-refractivity contribution in [1.29, 1.82) is 0 Å². The molecular weight excluding hydrogens is 235 g/mol.